The van der Waals surface area contributed by atoms with Gasteiger partial charge < -0.3 is 10.1 Å². The lowest BCUT2D eigenvalue weighted by Gasteiger charge is -2.23. The molecular formula is C33H34N8O3S. The molecule has 5 aromatic rings. The van der Waals surface area contributed by atoms with Gasteiger partial charge in [0.2, 0.25) is 5.91 Å². The molecule has 12 heteroatoms. The number of benzene rings is 2. The SMILES string of the molecule is Cc1ccc(-n2nc(C(C)(C)C)cc2NC(=O)Nc2cnc(Oc3ccc(-c4cnc(N5CCCCC5=O)s4)cc3)nc2)cc1. The van der Waals surface area contributed by atoms with E-state index >= 15 is 0 Å². The summed E-state index contributed by atoms with van der Waals surface area (Å²) in [6, 6.07) is 17.0. The number of hydrogen-bond donors (Lipinski definition) is 2. The van der Waals surface area contributed by atoms with Gasteiger partial charge in [0.1, 0.15) is 11.6 Å². The van der Waals surface area contributed by atoms with Gasteiger partial charge in [0.05, 0.1) is 34.3 Å². The fourth-order valence-electron chi connectivity index (χ4n) is 4.76. The summed E-state index contributed by atoms with van der Waals surface area (Å²) in [5.41, 5.74) is 4.00. The molecule has 45 heavy (non-hydrogen) atoms. The van der Waals surface area contributed by atoms with Gasteiger partial charge in [-0.1, -0.05) is 49.8 Å². The van der Waals surface area contributed by atoms with Gasteiger partial charge in [-0.25, -0.2) is 24.4 Å². The summed E-state index contributed by atoms with van der Waals surface area (Å²) in [6.45, 7) is 8.96. The number of aryl methyl sites for hydroxylation is 1. The van der Waals surface area contributed by atoms with E-state index in [1.54, 1.807) is 15.8 Å². The minimum Gasteiger partial charge on any atom is -0.424 e. The molecule has 3 amide bonds. The van der Waals surface area contributed by atoms with Crippen molar-refractivity contribution in [3.8, 4) is 27.9 Å². The van der Waals surface area contributed by atoms with Crippen molar-refractivity contribution in [1.29, 1.82) is 0 Å². The predicted octanol–water partition coefficient (Wildman–Crippen LogP) is 7.34. The zero-order valence-electron chi connectivity index (χ0n) is 25.6. The highest BCUT2D eigenvalue weighted by Gasteiger charge is 2.23. The van der Waals surface area contributed by atoms with Crippen LogP contribution in [0.25, 0.3) is 16.1 Å². The molecule has 6 rings (SSSR count). The predicted molar refractivity (Wildman–Crippen MR) is 176 cm³/mol. The second kappa shape index (κ2) is 12.5. The fraction of sp³-hybridized carbons (Fsp3) is 0.273. The molecule has 0 aliphatic carbocycles. The number of piperidine rings is 1. The molecular weight excluding hydrogens is 588 g/mol. The zero-order valence-corrected chi connectivity index (χ0v) is 26.4. The van der Waals surface area contributed by atoms with E-state index in [1.165, 1.54) is 23.7 Å². The number of carbonyl (C=O) groups is 2. The van der Waals surface area contributed by atoms with E-state index in [1.807, 2.05) is 61.5 Å². The van der Waals surface area contributed by atoms with Gasteiger partial charge in [-0.3, -0.25) is 15.0 Å². The third kappa shape index (κ3) is 7.01. The van der Waals surface area contributed by atoms with Gasteiger partial charge in [-0.2, -0.15) is 5.10 Å². The van der Waals surface area contributed by atoms with Crippen molar-refractivity contribution in [3.05, 3.63) is 84.4 Å². The minimum absolute atomic E-state index is 0.132. The Kier molecular flexibility index (Phi) is 8.31. The number of aromatic nitrogens is 5. The standard InChI is InChI=1S/C33H34N8O3S/c1-21-8-12-24(13-9-21)41-28(17-27(39-41)33(2,3)4)38-30(43)37-23-18-34-31(35-19-23)44-25-14-10-22(11-15-25)26-20-36-32(45-26)40-16-6-5-7-29(40)42/h8-15,17-20H,5-7,16H2,1-4H3,(H2,37,38,43). The van der Waals surface area contributed by atoms with E-state index in [0.717, 1.165) is 51.9 Å². The molecule has 0 spiro atoms. The Labute approximate surface area is 265 Å². The van der Waals surface area contributed by atoms with Gasteiger partial charge >= 0.3 is 12.0 Å². The summed E-state index contributed by atoms with van der Waals surface area (Å²) >= 11 is 1.50. The van der Waals surface area contributed by atoms with E-state index in [2.05, 4.69) is 46.4 Å². The lowest BCUT2D eigenvalue weighted by Crippen LogP contribution is -2.34. The molecule has 0 unspecified atom stereocenters. The maximum Gasteiger partial charge on any atom is 0.324 e. The molecule has 0 saturated carbocycles. The summed E-state index contributed by atoms with van der Waals surface area (Å²) in [4.78, 5) is 40.9. The topological polar surface area (TPSA) is 127 Å². The Hall–Kier alpha value is -5.10. The summed E-state index contributed by atoms with van der Waals surface area (Å²) in [7, 11) is 0. The van der Waals surface area contributed by atoms with Crippen LogP contribution in [0.15, 0.2) is 73.2 Å². The van der Waals surface area contributed by atoms with E-state index in [4.69, 9.17) is 9.84 Å². The van der Waals surface area contributed by atoms with Crippen LogP contribution in [-0.2, 0) is 10.2 Å². The number of hydrogen-bond acceptors (Lipinski definition) is 8. The molecule has 11 nitrogen and oxygen atoms in total. The Morgan fingerprint density at radius 1 is 0.933 bits per heavy atom. The monoisotopic (exact) mass is 622 g/mol. The van der Waals surface area contributed by atoms with Crippen LogP contribution in [0.4, 0.5) is 21.4 Å². The summed E-state index contributed by atoms with van der Waals surface area (Å²) < 4.78 is 7.54. The normalized spacial score (nSPS) is 13.5. The van der Waals surface area contributed by atoms with Gasteiger partial charge in [-0.15, -0.1) is 0 Å². The smallest absolute Gasteiger partial charge is 0.324 e. The van der Waals surface area contributed by atoms with E-state index in [9.17, 15) is 9.59 Å². The van der Waals surface area contributed by atoms with Crippen LogP contribution < -0.4 is 20.3 Å². The van der Waals surface area contributed by atoms with Crippen LogP contribution in [0, 0.1) is 6.92 Å². The largest absolute Gasteiger partial charge is 0.424 e. The number of urea groups is 1. The van der Waals surface area contributed by atoms with Crippen LogP contribution in [0.3, 0.4) is 0 Å². The molecule has 1 aliphatic rings. The first-order valence-electron chi connectivity index (χ1n) is 14.7. The number of amides is 3. The van der Waals surface area contributed by atoms with Crippen molar-refractivity contribution in [2.75, 3.05) is 22.1 Å². The number of ether oxygens (including phenoxy) is 1. The maximum absolute atomic E-state index is 12.9. The van der Waals surface area contributed by atoms with Crippen molar-refractivity contribution in [2.24, 2.45) is 0 Å². The molecule has 1 aliphatic heterocycles. The van der Waals surface area contributed by atoms with Crippen LogP contribution in [0.2, 0.25) is 0 Å². The Morgan fingerprint density at radius 3 is 2.36 bits per heavy atom. The number of nitrogens with one attached hydrogen (secondary N) is 2. The highest BCUT2D eigenvalue weighted by molar-refractivity contribution is 7.19. The summed E-state index contributed by atoms with van der Waals surface area (Å²) in [5, 5.41) is 11.2. The number of rotatable bonds is 7. The quantitative estimate of drug-likeness (QED) is 0.194. The number of anilines is 3. The van der Waals surface area contributed by atoms with Crippen molar-refractivity contribution >= 4 is 39.9 Å². The maximum atomic E-state index is 12.9. The molecule has 4 heterocycles. The number of carbonyl (C=O) groups excluding carboxylic acids is 2. The molecule has 0 atom stereocenters. The Balaban J connectivity index is 1.08. The van der Waals surface area contributed by atoms with Crippen LogP contribution in [0.5, 0.6) is 11.8 Å². The molecule has 3 aromatic heterocycles. The lowest BCUT2D eigenvalue weighted by atomic mass is 9.92. The molecule has 0 bridgehead atoms. The van der Waals surface area contributed by atoms with Gasteiger partial charge in [0, 0.05) is 30.6 Å². The summed E-state index contributed by atoms with van der Waals surface area (Å²) in [6.07, 6.45) is 7.27. The fourth-order valence-corrected chi connectivity index (χ4v) is 5.72. The Bertz CT molecular complexity index is 1810. The van der Waals surface area contributed by atoms with E-state index in [0.29, 0.717) is 23.7 Å². The molecule has 0 radical (unpaired) electrons. The average molecular weight is 623 g/mol. The van der Waals surface area contributed by atoms with Crippen molar-refractivity contribution < 1.29 is 14.3 Å². The summed E-state index contributed by atoms with van der Waals surface area (Å²) in [5.74, 6) is 1.24. The first-order chi connectivity index (χ1) is 21.6. The average Bonchev–Trinajstić information content (AvgIpc) is 3.68. The van der Waals surface area contributed by atoms with Crippen LogP contribution >= 0.6 is 11.3 Å². The molecule has 230 valence electrons. The van der Waals surface area contributed by atoms with Gasteiger partial charge in [0.25, 0.3) is 0 Å². The van der Waals surface area contributed by atoms with Crippen molar-refractivity contribution in [1.82, 2.24) is 24.7 Å². The van der Waals surface area contributed by atoms with E-state index < -0.39 is 6.03 Å². The first kappa shape index (κ1) is 29.9. The third-order valence-corrected chi connectivity index (χ3v) is 8.35. The van der Waals surface area contributed by atoms with Gasteiger partial charge in [0.15, 0.2) is 5.13 Å². The van der Waals surface area contributed by atoms with E-state index in [-0.39, 0.29) is 17.3 Å². The minimum atomic E-state index is -0.451. The van der Waals surface area contributed by atoms with Crippen LogP contribution in [0.1, 0.15) is 51.3 Å². The number of thiazole rings is 1. The van der Waals surface area contributed by atoms with Gasteiger partial charge in [-0.05, 0) is 61.7 Å². The van der Waals surface area contributed by atoms with Crippen molar-refractivity contribution in [3.63, 3.8) is 0 Å². The van der Waals surface area contributed by atoms with Crippen molar-refractivity contribution in [2.45, 2.75) is 52.4 Å². The Morgan fingerprint density at radius 2 is 1.67 bits per heavy atom. The molecule has 1 saturated heterocycles. The highest BCUT2D eigenvalue weighted by Crippen LogP contribution is 2.34. The highest BCUT2D eigenvalue weighted by atomic mass is 32.1. The van der Waals surface area contributed by atoms with Crippen LogP contribution in [-0.4, -0.2) is 43.2 Å². The molecule has 2 aromatic carbocycles. The molecule has 2 N–H and O–H groups in total. The second-order valence-electron chi connectivity index (χ2n) is 11.9. The third-order valence-electron chi connectivity index (χ3n) is 7.28. The first-order valence-corrected chi connectivity index (χ1v) is 15.6. The second-order valence-corrected chi connectivity index (χ2v) is 12.9. The zero-order chi connectivity index (χ0) is 31.6. The number of nitrogens with zero attached hydrogens (tertiary/aromatic N) is 6. The molecule has 1 fully saturated rings. The lowest BCUT2D eigenvalue weighted by molar-refractivity contribution is -0.119.